The molecule has 2 unspecified atom stereocenters. The van der Waals surface area contributed by atoms with Crippen LogP contribution in [0.4, 0.5) is 10.5 Å². The highest BCUT2D eigenvalue weighted by atomic mass is 32.2. The Hall–Kier alpha value is -4.46. The fourth-order valence-electron chi connectivity index (χ4n) is 6.10. The van der Waals surface area contributed by atoms with Crippen LogP contribution in [0.25, 0.3) is 0 Å². The van der Waals surface area contributed by atoms with E-state index in [4.69, 9.17) is 10.9 Å². The van der Waals surface area contributed by atoms with E-state index < -0.39 is 34.1 Å². The number of amides is 3. The number of rotatable bonds is 16. The van der Waals surface area contributed by atoms with E-state index in [2.05, 4.69) is 10.5 Å². The Morgan fingerprint density at radius 1 is 0.980 bits per heavy atom. The second kappa shape index (κ2) is 16.8. The van der Waals surface area contributed by atoms with Crippen molar-refractivity contribution in [2.45, 2.75) is 63.7 Å². The van der Waals surface area contributed by atoms with Crippen LogP contribution in [0.1, 0.15) is 44.4 Å². The van der Waals surface area contributed by atoms with Gasteiger partial charge in [-0.2, -0.15) is 4.31 Å². The normalized spacial score (nSPS) is 15.8. The number of anilines is 1. The summed E-state index contributed by atoms with van der Waals surface area (Å²) in [6, 6.07) is 20.6. The first-order chi connectivity index (χ1) is 23.3. The summed E-state index contributed by atoms with van der Waals surface area (Å²) in [4.78, 5) is 31.0. The van der Waals surface area contributed by atoms with Crippen molar-refractivity contribution in [3.05, 3.63) is 95.6 Å². The molecule has 1 heterocycles. The summed E-state index contributed by atoms with van der Waals surface area (Å²) in [5.41, 5.74) is 8.80. The fourth-order valence-corrected chi connectivity index (χ4v) is 7.72. The number of benzene rings is 3. The summed E-state index contributed by atoms with van der Waals surface area (Å²) < 4.78 is 28.9. The molecule has 3 aromatic carbocycles. The third kappa shape index (κ3) is 9.80. The van der Waals surface area contributed by atoms with Gasteiger partial charge in [0.15, 0.2) is 0 Å². The highest BCUT2D eigenvalue weighted by molar-refractivity contribution is 7.89. The van der Waals surface area contributed by atoms with Crippen molar-refractivity contribution in [3.63, 3.8) is 0 Å². The third-order valence-electron chi connectivity index (χ3n) is 8.46. The molecular weight excluding hydrogens is 644 g/mol. The molecule has 5 N–H and O–H groups in total. The van der Waals surface area contributed by atoms with Crippen molar-refractivity contribution in [1.29, 1.82) is 0 Å². The number of hydrogen-bond donors (Lipinski definition) is 4. The summed E-state index contributed by atoms with van der Waals surface area (Å²) in [6.45, 7) is 8.52. The maximum Gasteiger partial charge on any atom is 0.321 e. The summed E-state index contributed by atoms with van der Waals surface area (Å²) in [7, 11) is -4.06. The molecule has 0 spiro atoms. The van der Waals surface area contributed by atoms with Crippen LogP contribution < -0.4 is 11.1 Å². The number of carbonyl (C=O) groups excluding carboxylic acids is 2. The van der Waals surface area contributed by atoms with Gasteiger partial charge in [-0.15, -0.1) is 0 Å². The lowest BCUT2D eigenvalue weighted by Gasteiger charge is -2.34. The zero-order chi connectivity index (χ0) is 35.7. The molecule has 13 heteroatoms. The van der Waals surface area contributed by atoms with Crippen LogP contribution in [0.3, 0.4) is 0 Å². The van der Waals surface area contributed by atoms with Gasteiger partial charge in [0.2, 0.25) is 15.9 Å². The van der Waals surface area contributed by atoms with Gasteiger partial charge in [-0.1, -0.05) is 87.4 Å². The lowest BCUT2D eigenvalue weighted by Crippen LogP contribution is -2.57. The maximum atomic E-state index is 14.1. The summed E-state index contributed by atoms with van der Waals surface area (Å²) >= 11 is 0. The van der Waals surface area contributed by atoms with E-state index in [0.29, 0.717) is 30.9 Å². The SMILES string of the molecule is CC(C)CN(CC(O)C(Cc1ccccc1)NC(=O)[C@H](C(C)C)N1CCN(Cc2cccc(N)c2)C1=O)S(=O)(=O)c1ccc(C=NO)cc1. The highest BCUT2D eigenvalue weighted by Crippen LogP contribution is 2.23. The van der Waals surface area contributed by atoms with Gasteiger partial charge in [0.1, 0.15) is 6.04 Å². The molecule has 1 aliphatic heterocycles. The molecule has 0 saturated carbocycles. The fraction of sp³-hybridized carbons (Fsp3) is 0.417. The van der Waals surface area contributed by atoms with Gasteiger partial charge < -0.3 is 31.2 Å². The van der Waals surface area contributed by atoms with E-state index in [-0.39, 0.29) is 42.3 Å². The van der Waals surface area contributed by atoms with Crippen LogP contribution in [0, 0.1) is 11.8 Å². The minimum Gasteiger partial charge on any atom is -0.411 e. The van der Waals surface area contributed by atoms with E-state index in [1.165, 1.54) is 34.8 Å². The summed E-state index contributed by atoms with van der Waals surface area (Å²) in [5.74, 6) is -0.734. The number of oxime groups is 1. The van der Waals surface area contributed by atoms with Crippen molar-refractivity contribution in [3.8, 4) is 0 Å². The molecule has 0 aromatic heterocycles. The van der Waals surface area contributed by atoms with Crippen LogP contribution in [0.5, 0.6) is 0 Å². The van der Waals surface area contributed by atoms with E-state index >= 15 is 0 Å². The molecule has 49 heavy (non-hydrogen) atoms. The van der Waals surface area contributed by atoms with Crippen molar-refractivity contribution in [2.24, 2.45) is 17.0 Å². The standard InChI is InChI=1S/C36H48N6O6S/c1-25(2)22-41(49(47,48)31-15-13-28(14-16-31)21-38-46)24-33(43)32(20-27-9-6-5-7-10-27)39-35(44)34(26(3)4)42-18-17-40(36(42)45)23-29-11-8-12-30(37)19-29/h5-16,19,21,25-26,32-34,43,46H,17-18,20,22-24,37H2,1-4H3,(H,39,44)/t32?,33?,34-/m0/s1. The number of nitrogen functional groups attached to an aromatic ring is 1. The van der Waals surface area contributed by atoms with Crippen molar-refractivity contribution in [2.75, 3.05) is 31.9 Å². The van der Waals surface area contributed by atoms with Crippen molar-refractivity contribution >= 4 is 33.9 Å². The van der Waals surface area contributed by atoms with Crippen LogP contribution in [-0.4, -0.2) is 95.4 Å². The molecule has 0 radical (unpaired) electrons. The van der Waals surface area contributed by atoms with Crippen LogP contribution in [-0.2, 0) is 27.8 Å². The molecule has 0 aliphatic carbocycles. The zero-order valence-electron chi connectivity index (χ0n) is 28.5. The van der Waals surface area contributed by atoms with Gasteiger partial charge in [-0.3, -0.25) is 4.79 Å². The van der Waals surface area contributed by atoms with Gasteiger partial charge in [0, 0.05) is 38.4 Å². The average molecular weight is 693 g/mol. The minimum atomic E-state index is -4.06. The molecule has 264 valence electrons. The predicted molar refractivity (Wildman–Crippen MR) is 189 cm³/mol. The predicted octanol–water partition coefficient (Wildman–Crippen LogP) is 3.77. The Kier molecular flexibility index (Phi) is 12.8. The van der Waals surface area contributed by atoms with Crippen molar-refractivity contribution in [1.82, 2.24) is 19.4 Å². The van der Waals surface area contributed by atoms with E-state index in [0.717, 1.165) is 11.1 Å². The Labute approximate surface area is 289 Å². The minimum absolute atomic E-state index is 0.0224. The number of hydrogen-bond acceptors (Lipinski definition) is 8. The first-order valence-corrected chi connectivity index (χ1v) is 17.9. The first-order valence-electron chi connectivity index (χ1n) is 16.5. The first kappa shape index (κ1) is 37.4. The number of aliphatic hydroxyl groups excluding tert-OH is 1. The molecule has 1 saturated heterocycles. The second-order valence-corrected chi connectivity index (χ2v) is 15.2. The van der Waals surface area contributed by atoms with Crippen LogP contribution in [0.2, 0.25) is 0 Å². The topological polar surface area (TPSA) is 169 Å². The van der Waals surface area contributed by atoms with E-state index in [1.807, 2.05) is 76.2 Å². The Morgan fingerprint density at radius 2 is 1.65 bits per heavy atom. The molecule has 0 bridgehead atoms. The molecule has 1 aliphatic rings. The molecule has 1 fully saturated rings. The lowest BCUT2D eigenvalue weighted by atomic mass is 9.97. The number of nitrogens with two attached hydrogens (primary N) is 1. The van der Waals surface area contributed by atoms with E-state index in [1.54, 1.807) is 15.9 Å². The number of urea groups is 1. The summed E-state index contributed by atoms with van der Waals surface area (Å²) in [5, 5.41) is 26.6. The lowest BCUT2D eigenvalue weighted by molar-refractivity contribution is -0.128. The van der Waals surface area contributed by atoms with Gasteiger partial charge in [-0.05, 0) is 59.2 Å². The van der Waals surface area contributed by atoms with Gasteiger partial charge in [0.05, 0.1) is 23.3 Å². The molecule has 3 amide bonds. The molecule has 3 aromatic rings. The number of carbonyl (C=O) groups is 2. The zero-order valence-corrected chi connectivity index (χ0v) is 29.3. The maximum absolute atomic E-state index is 14.1. The van der Waals surface area contributed by atoms with Gasteiger partial charge in [0.25, 0.3) is 0 Å². The third-order valence-corrected chi connectivity index (χ3v) is 10.3. The molecule has 12 nitrogen and oxygen atoms in total. The molecular formula is C36H48N6O6S. The smallest absolute Gasteiger partial charge is 0.321 e. The Morgan fingerprint density at radius 3 is 2.27 bits per heavy atom. The van der Waals surface area contributed by atoms with Crippen LogP contribution >= 0.6 is 0 Å². The average Bonchev–Trinajstić information content (AvgIpc) is 3.39. The van der Waals surface area contributed by atoms with E-state index in [9.17, 15) is 23.1 Å². The monoisotopic (exact) mass is 692 g/mol. The quantitative estimate of drug-likeness (QED) is 0.0767. The Balaban J connectivity index is 1.57. The van der Waals surface area contributed by atoms with Crippen molar-refractivity contribution < 1.29 is 28.3 Å². The number of sulfonamides is 1. The molecule has 3 atom stereocenters. The second-order valence-electron chi connectivity index (χ2n) is 13.2. The summed E-state index contributed by atoms with van der Waals surface area (Å²) in [6.07, 6.45) is 0.138. The number of aliphatic hydroxyl groups is 1. The Bertz CT molecular complexity index is 1680. The number of nitrogens with one attached hydrogen (secondary N) is 1. The van der Waals surface area contributed by atoms with Gasteiger partial charge >= 0.3 is 6.03 Å². The van der Waals surface area contributed by atoms with Gasteiger partial charge in [-0.25, -0.2) is 13.2 Å². The highest BCUT2D eigenvalue weighted by Gasteiger charge is 2.40. The largest absolute Gasteiger partial charge is 0.411 e. The molecule has 4 rings (SSSR count). The van der Waals surface area contributed by atoms with Crippen LogP contribution in [0.15, 0.2) is 88.9 Å². The number of nitrogens with zero attached hydrogens (tertiary/aromatic N) is 4.